The summed E-state index contributed by atoms with van der Waals surface area (Å²) in [5, 5.41) is 0. The summed E-state index contributed by atoms with van der Waals surface area (Å²) in [6.07, 6.45) is 2.61. The molecule has 4 heteroatoms. The molecular formula is C18H29FN2O. The van der Waals surface area contributed by atoms with E-state index in [1.807, 2.05) is 12.1 Å². The van der Waals surface area contributed by atoms with Crippen molar-refractivity contribution in [3.8, 4) is 0 Å². The van der Waals surface area contributed by atoms with E-state index in [4.69, 9.17) is 4.74 Å². The van der Waals surface area contributed by atoms with Crippen LogP contribution >= 0.6 is 0 Å². The third-order valence-corrected chi connectivity index (χ3v) is 4.50. The van der Waals surface area contributed by atoms with Crippen molar-refractivity contribution in [2.75, 3.05) is 46.4 Å². The molecule has 0 aromatic heterocycles. The van der Waals surface area contributed by atoms with Crippen molar-refractivity contribution in [3.05, 3.63) is 35.6 Å². The Bertz CT molecular complexity index is 424. The molecule has 1 aromatic rings. The van der Waals surface area contributed by atoms with Crippen LogP contribution in [0.4, 0.5) is 4.39 Å². The van der Waals surface area contributed by atoms with Gasteiger partial charge in [-0.15, -0.1) is 0 Å². The van der Waals surface area contributed by atoms with Crippen molar-refractivity contribution in [2.24, 2.45) is 5.92 Å². The van der Waals surface area contributed by atoms with Crippen LogP contribution in [-0.2, 0) is 11.3 Å². The number of benzene rings is 1. The summed E-state index contributed by atoms with van der Waals surface area (Å²) in [5.74, 6) is 0.559. The Hall–Kier alpha value is -0.970. The lowest BCUT2D eigenvalue weighted by molar-refractivity contribution is 0.104. The number of hydrogen-bond donors (Lipinski definition) is 0. The van der Waals surface area contributed by atoms with Gasteiger partial charge in [0.15, 0.2) is 0 Å². The highest BCUT2D eigenvalue weighted by molar-refractivity contribution is 5.15. The second-order valence-corrected chi connectivity index (χ2v) is 6.26. The number of halogens is 1. The molecule has 0 saturated carbocycles. The average Bonchev–Trinajstić information content (AvgIpc) is 2.55. The van der Waals surface area contributed by atoms with E-state index in [1.165, 1.54) is 31.5 Å². The molecule has 1 unspecified atom stereocenters. The molecule has 2 rings (SSSR count). The number of hydrogen-bond acceptors (Lipinski definition) is 3. The summed E-state index contributed by atoms with van der Waals surface area (Å²) in [4.78, 5) is 4.99. The van der Waals surface area contributed by atoms with E-state index < -0.39 is 0 Å². The van der Waals surface area contributed by atoms with Crippen LogP contribution in [0, 0.1) is 11.7 Å². The molecular weight excluding hydrogens is 279 g/mol. The summed E-state index contributed by atoms with van der Waals surface area (Å²) in [5.41, 5.74) is 1.17. The Kier molecular flexibility index (Phi) is 7.30. The van der Waals surface area contributed by atoms with Crippen molar-refractivity contribution < 1.29 is 9.13 Å². The van der Waals surface area contributed by atoms with Crippen LogP contribution in [0.25, 0.3) is 0 Å². The first-order chi connectivity index (χ1) is 10.7. The minimum atomic E-state index is -0.168. The number of piperidine rings is 1. The fourth-order valence-corrected chi connectivity index (χ4v) is 3.26. The molecule has 1 saturated heterocycles. The Morgan fingerprint density at radius 1 is 1.32 bits per heavy atom. The summed E-state index contributed by atoms with van der Waals surface area (Å²) in [6.45, 7) is 9.45. The lowest BCUT2D eigenvalue weighted by Gasteiger charge is -2.35. The van der Waals surface area contributed by atoms with Gasteiger partial charge in [0.2, 0.25) is 0 Å². The van der Waals surface area contributed by atoms with Gasteiger partial charge in [-0.25, -0.2) is 4.39 Å². The van der Waals surface area contributed by atoms with Crippen LogP contribution in [0.2, 0.25) is 0 Å². The zero-order chi connectivity index (χ0) is 15.8. The largest absolute Gasteiger partial charge is 0.383 e. The second kappa shape index (κ2) is 9.23. The first-order valence-electron chi connectivity index (χ1n) is 8.39. The Balaban J connectivity index is 1.91. The number of ether oxygens (including phenoxy) is 1. The van der Waals surface area contributed by atoms with Crippen LogP contribution in [0.15, 0.2) is 24.3 Å². The predicted molar refractivity (Wildman–Crippen MR) is 88.4 cm³/mol. The molecule has 0 radical (unpaired) electrons. The normalized spacial score (nSPS) is 19.7. The molecule has 1 aliphatic rings. The Morgan fingerprint density at radius 2 is 2.09 bits per heavy atom. The molecule has 1 atom stereocenters. The molecule has 124 valence electrons. The number of methoxy groups -OCH3 is 1. The highest BCUT2D eigenvalue weighted by Gasteiger charge is 2.21. The zero-order valence-corrected chi connectivity index (χ0v) is 13.9. The predicted octanol–water partition coefficient (Wildman–Crippen LogP) is 3.01. The summed E-state index contributed by atoms with van der Waals surface area (Å²) < 4.78 is 18.3. The van der Waals surface area contributed by atoms with Gasteiger partial charge in [-0.3, -0.25) is 4.90 Å². The van der Waals surface area contributed by atoms with E-state index in [9.17, 15) is 4.39 Å². The molecule has 1 fully saturated rings. The monoisotopic (exact) mass is 308 g/mol. The van der Waals surface area contributed by atoms with Crippen LogP contribution in [-0.4, -0.2) is 56.2 Å². The summed E-state index contributed by atoms with van der Waals surface area (Å²) >= 11 is 0. The molecule has 22 heavy (non-hydrogen) atoms. The molecule has 3 nitrogen and oxygen atoms in total. The maximum atomic E-state index is 13.0. The van der Waals surface area contributed by atoms with E-state index in [2.05, 4.69) is 16.7 Å². The minimum Gasteiger partial charge on any atom is -0.383 e. The standard InChI is InChI=1S/C18H29FN2O/c1-3-20-10-4-5-17(14-20)15-21(11-12-22-2)13-16-6-8-18(19)9-7-16/h6-9,17H,3-5,10-15H2,1-2H3. The van der Waals surface area contributed by atoms with Gasteiger partial charge >= 0.3 is 0 Å². The summed E-state index contributed by atoms with van der Waals surface area (Å²) in [7, 11) is 1.75. The quantitative estimate of drug-likeness (QED) is 0.734. The van der Waals surface area contributed by atoms with E-state index in [0.29, 0.717) is 0 Å². The number of nitrogens with zero attached hydrogens (tertiary/aromatic N) is 2. The molecule has 1 heterocycles. The van der Waals surface area contributed by atoms with Crippen LogP contribution in [0.3, 0.4) is 0 Å². The van der Waals surface area contributed by atoms with Crippen molar-refractivity contribution in [1.29, 1.82) is 0 Å². The molecule has 1 aliphatic heterocycles. The SMILES string of the molecule is CCN1CCCC(CN(CCOC)Cc2ccc(F)cc2)C1. The van der Waals surface area contributed by atoms with E-state index in [0.717, 1.165) is 38.7 Å². The molecule has 1 aromatic carbocycles. The van der Waals surface area contributed by atoms with E-state index >= 15 is 0 Å². The average molecular weight is 308 g/mol. The molecule has 0 bridgehead atoms. The topological polar surface area (TPSA) is 15.7 Å². The van der Waals surface area contributed by atoms with E-state index in [-0.39, 0.29) is 5.82 Å². The third-order valence-electron chi connectivity index (χ3n) is 4.50. The first kappa shape index (κ1) is 17.4. The maximum Gasteiger partial charge on any atom is 0.123 e. The first-order valence-corrected chi connectivity index (χ1v) is 8.39. The Morgan fingerprint density at radius 3 is 2.77 bits per heavy atom. The van der Waals surface area contributed by atoms with Crippen molar-refractivity contribution in [2.45, 2.75) is 26.3 Å². The van der Waals surface area contributed by atoms with Crippen LogP contribution in [0.5, 0.6) is 0 Å². The van der Waals surface area contributed by atoms with Crippen LogP contribution < -0.4 is 0 Å². The fraction of sp³-hybridized carbons (Fsp3) is 0.667. The lowest BCUT2D eigenvalue weighted by atomic mass is 9.97. The third kappa shape index (κ3) is 5.67. The lowest BCUT2D eigenvalue weighted by Crippen LogP contribution is -2.41. The minimum absolute atomic E-state index is 0.168. The van der Waals surface area contributed by atoms with Gasteiger partial charge in [0.25, 0.3) is 0 Å². The number of rotatable bonds is 8. The fourth-order valence-electron chi connectivity index (χ4n) is 3.26. The smallest absolute Gasteiger partial charge is 0.123 e. The van der Waals surface area contributed by atoms with Gasteiger partial charge in [-0.1, -0.05) is 19.1 Å². The molecule has 0 aliphatic carbocycles. The molecule has 0 N–H and O–H groups in total. The summed E-state index contributed by atoms with van der Waals surface area (Å²) in [6, 6.07) is 6.86. The van der Waals surface area contributed by atoms with Crippen molar-refractivity contribution >= 4 is 0 Å². The molecule has 0 amide bonds. The highest BCUT2D eigenvalue weighted by Crippen LogP contribution is 2.18. The van der Waals surface area contributed by atoms with Gasteiger partial charge in [0, 0.05) is 33.3 Å². The maximum absolute atomic E-state index is 13.0. The highest BCUT2D eigenvalue weighted by atomic mass is 19.1. The molecule has 0 spiro atoms. The van der Waals surface area contributed by atoms with E-state index in [1.54, 1.807) is 19.2 Å². The van der Waals surface area contributed by atoms with Crippen LogP contribution in [0.1, 0.15) is 25.3 Å². The van der Waals surface area contributed by atoms with Gasteiger partial charge in [-0.05, 0) is 49.5 Å². The van der Waals surface area contributed by atoms with Gasteiger partial charge in [0.1, 0.15) is 5.82 Å². The second-order valence-electron chi connectivity index (χ2n) is 6.26. The van der Waals surface area contributed by atoms with Crippen molar-refractivity contribution in [1.82, 2.24) is 9.80 Å². The van der Waals surface area contributed by atoms with Crippen molar-refractivity contribution in [3.63, 3.8) is 0 Å². The van der Waals surface area contributed by atoms with Gasteiger partial charge in [0.05, 0.1) is 6.61 Å². The van der Waals surface area contributed by atoms with Gasteiger partial charge in [-0.2, -0.15) is 0 Å². The zero-order valence-electron chi connectivity index (χ0n) is 13.9. The Labute approximate surface area is 134 Å². The van der Waals surface area contributed by atoms with Gasteiger partial charge < -0.3 is 9.64 Å². The number of likely N-dealkylation sites (tertiary alicyclic amines) is 1.